The summed E-state index contributed by atoms with van der Waals surface area (Å²) in [5, 5.41) is 2.28. The summed E-state index contributed by atoms with van der Waals surface area (Å²) in [6.07, 6.45) is 8.07. The molecule has 0 spiro atoms. The first-order valence-corrected chi connectivity index (χ1v) is 12.8. The van der Waals surface area contributed by atoms with Gasteiger partial charge in [0.1, 0.15) is 0 Å². The first-order chi connectivity index (χ1) is 14.9. The Balaban J connectivity index is 1.26. The molecule has 3 aliphatic carbocycles. The summed E-state index contributed by atoms with van der Waals surface area (Å²) in [4.78, 5) is 1.16. The zero-order valence-corrected chi connectivity index (χ0v) is 20.0. The van der Waals surface area contributed by atoms with E-state index in [2.05, 4.69) is 63.1 Å². The maximum atomic E-state index is 6.05. The smallest absolute Gasteiger partial charge is 0.0346 e. The molecule has 0 heterocycles. The Morgan fingerprint density at radius 1 is 1.03 bits per heavy atom. The maximum Gasteiger partial charge on any atom is 0.0346 e. The van der Waals surface area contributed by atoms with E-state index in [4.69, 9.17) is 5.73 Å². The zero-order chi connectivity index (χ0) is 21.7. The highest BCUT2D eigenvalue weighted by atomic mass is 32.2. The van der Waals surface area contributed by atoms with Crippen molar-refractivity contribution in [2.75, 3.05) is 5.73 Å². The van der Waals surface area contributed by atoms with Crippen LogP contribution in [0.3, 0.4) is 0 Å². The minimum Gasteiger partial charge on any atom is -0.399 e. The van der Waals surface area contributed by atoms with E-state index >= 15 is 0 Å². The number of fused-ring (bicyclic) bond motifs is 6. The lowest BCUT2D eigenvalue weighted by atomic mass is 9.69. The SMILES string of the molecule is C=C(S/C=C(\C)Cc1cc(C)c(N)cc1C)c1ccc2c(c1)CC1C3CCC(C3)C1C2. The predicted octanol–water partition coefficient (Wildman–Crippen LogP) is 7.50. The van der Waals surface area contributed by atoms with Crippen molar-refractivity contribution < 1.29 is 0 Å². The summed E-state index contributed by atoms with van der Waals surface area (Å²) in [5.74, 6) is 3.96. The summed E-state index contributed by atoms with van der Waals surface area (Å²) in [6.45, 7) is 10.9. The molecule has 0 aliphatic heterocycles. The Labute approximate surface area is 192 Å². The Kier molecular flexibility index (Phi) is 5.54. The summed E-state index contributed by atoms with van der Waals surface area (Å²) in [5.41, 5.74) is 16.6. The topological polar surface area (TPSA) is 26.0 Å². The van der Waals surface area contributed by atoms with Gasteiger partial charge in [-0.1, -0.05) is 48.2 Å². The second kappa shape index (κ2) is 8.20. The van der Waals surface area contributed by atoms with Crippen LogP contribution in [-0.4, -0.2) is 0 Å². The Morgan fingerprint density at radius 3 is 2.48 bits per heavy atom. The molecule has 2 heteroatoms. The van der Waals surface area contributed by atoms with Crippen molar-refractivity contribution in [2.24, 2.45) is 23.7 Å². The molecule has 4 atom stereocenters. The number of thioether (sulfide) groups is 1. The molecule has 2 saturated carbocycles. The fourth-order valence-electron chi connectivity index (χ4n) is 6.53. The third-order valence-electron chi connectivity index (χ3n) is 8.31. The van der Waals surface area contributed by atoms with Crippen LogP contribution in [0.4, 0.5) is 5.69 Å². The molecular formula is C29H35NS. The van der Waals surface area contributed by atoms with E-state index in [1.807, 2.05) is 0 Å². The van der Waals surface area contributed by atoms with Crippen LogP contribution < -0.4 is 5.73 Å². The largest absolute Gasteiger partial charge is 0.399 e. The third kappa shape index (κ3) is 4.00. The highest BCUT2D eigenvalue weighted by molar-refractivity contribution is 8.10. The van der Waals surface area contributed by atoms with Gasteiger partial charge in [0.25, 0.3) is 0 Å². The number of anilines is 1. The van der Waals surface area contributed by atoms with E-state index in [0.29, 0.717) is 0 Å². The number of hydrogen-bond acceptors (Lipinski definition) is 2. The van der Waals surface area contributed by atoms with Gasteiger partial charge in [-0.3, -0.25) is 0 Å². The molecule has 2 fully saturated rings. The van der Waals surface area contributed by atoms with Crippen LogP contribution in [0.2, 0.25) is 0 Å². The van der Waals surface area contributed by atoms with Crippen molar-refractivity contribution >= 4 is 22.4 Å². The number of nitrogen functional groups attached to an aromatic ring is 1. The normalized spacial score (nSPS) is 26.6. The fraction of sp³-hybridized carbons (Fsp3) is 0.448. The van der Waals surface area contributed by atoms with Gasteiger partial charge in [-0.25, -0.2) is 0 Å². The minimum absolute atomic E-state index is 0.884. The van der Waals surface area contributed by atoms with Gasteiger partial charge in [0.15, 0.2) is 0 Å². The summed E-state index contributed by atoms with van der Waals surface area (Å²) in [7, 11) is 0. The third-order valence-corrected chi connectivity index (χ3v) is 9.35. The van der Waals surface area contributed by atoms with Crippen LogP contribution in [0.15, 0.2) is 47.9 Å². The molecule has 3 aliphatic rings. The molecule has 2 N–H and O–H groups in total. The van der Waals surface area contributed by atoms with Crippen LogP contribution in [0, 0.1) is 37.5 Å². The monoisotopic (exact) mass is 429 g/mol. The molecule has 1 nitrogen and oxygen atoms in total. The van der Waals surface area contributed by atoms with Crippen LogP contribution in [0.25, 0.3) is 4.91 Å². The van der Waals surface area contributed by atoms with Gasteiger partial charge in [-0.15, -0.1) is 0 Å². The summed E-state index contributed by atoms with van der Waals surface area (Å²) >= 11 is 1.77. The van der Waals surface area contributed by atoms with Crippen LogP contribution in [-0.2, 0) is 19.3 Å². The van der Waals surface area contributed by atoms with Crippen molar-refractivity contribution in [1.82, 2.24) is 0 Å². The van der Waals surface area contributed by atoms with E-state index in [1.54, 1.807) is 22.9 Å². The van der Waals surface area contributed by atoms with E-state index in [9.17, 15) is 0 Å². The molecule has 4 unspecified atom stereocenters. The van der Waals surface area contributed by atoms with Crippen molar-refractivity contribution in [1.29, 1.82) is 0 Å². The van der Waals surface area contributed by atoms with Crippen molar-refractivity contribution in [3.05, 3.63) is 81.3 Å². The van der Waals surface area contributed by atoms with E-state index < -0.39 is 0 Å². The molecule has 31 heavy (non-hydrogen) atoms. The average molecular weight is 430 g/mol. The second-order valence-electron chi connectivity index (χ2n) is 10.4. The molecule has 0 aromatic heterocycles. The fourth-order valence-corrected chi connectivity index (χ4v) is 7.22. The van der Waals surface area contributed by atoms with Gasteiger partial charge in [0.05, 0.1) is 0 Å². The Hall–Kier alpha value is -1.93. The van der Waals surface area contributed by atoms with Crippen molar-refractivity contribution in [3.8, 4) is 0 Å². The Morgan fingerprint density at radius 2 is 1.74 bits per heavy atom. The highest BCUT2D eigenvalue weighted by Gasteiger charge is 2.48. The zero-order valence-electron chi connectivity index (χ0n) is 19.2. The molecule has 2 aromatic carbocycles. The lowest BCUT2D eigenvalue weighted by molar-refractivity contribution is 0.205. The minimum atomic E-state index is 0.884. The second-order valence-corrected chi connectivity index (χ2v) is 11.3. The number of benzene rings is 2. The lowest BCUT2D eigenvalue weighted by Crippen LogP contribution is -2.30. The first-order valence-electron chi connectivity index (χ1n) is 11.9. The summed E-state index contributed by atoms with van der Waals surface area (Å²) < 4.78 is 0. The molecule has 2 bridgehead atoms. The number of nitrogens with two attached hydrogens (primary N) is 1. The molecule has 0 radical (unpaired) electrons. The molecule has 0 amide bonds. The van der Waals surface area contributed by atoms with Crippen molar-refractivity contribution in [3.63, 3.8) is 0 Å². The summed E-state index contributed by atoms with van der Waals surface area (Å²) in [6, 6.07) is 11.5. The molecular weight excluding hydrogens is 394 g/mol. The van der Waals surface area contributed by atoms with E-state index in [-0.39, 0.29) is 0 Å². The average Bonchev–Trinajstić information content (AvgIpc) is 3.36. The maximum absolute atomic E-state index is 6.05. The Bertz CT molecular complexity index is 1060. The van der Waals surface area contributed by atoms with Gasteiger partial charge in [0, 0.05) is 10.6 Å². The van der Waals surface area contributed by atoms with Gasteiger partial charge < -0.3 is 5.73 Å². The van der Waals surface area contributed by atoms with Crippen LogP contribution >= 0.6 is 11.8 Å². The molecule has 2 aromatic rings. The highest BCUT2D eigenvalue weighted by Crippen LogP contribution is 2.56. The van der Waals surface area contributed by atoms with Crippen LogP contribution in [0.5, 0.6) is 0 Å². The number of rotatable bonds is 5. The van der Waals surface area contributed by atoms with Gasteiger partial charge in [-0.2, -0.15) is 0 Å². The van der Waals surface area contributed by atoms with Gasteiger partial charge in [0.2, 0.25) is 0 Å². The number of hydrogen-bond donors (Lipinski definition) is 1. The lowest BCUT2D eigenvalue weighted by Gasteiger charge is -2.36. The first kappa shape index (κ1) is 20.9. The van der Waals surface area contributed by atoms with E-state index in [1.165, 1.54) is 54.4 Å². The van der Waals surface area contributed by atoms with E-state index in [0.717, 1.165) is 46.2 Å². The number of allylic oxidation sites excluding steroid dienone is 1. The quantitative estimate of drug-likeness (QED) is 0.498. The van der Waals surface area contributed by atoms with Gasteiger partial charge >= 0.3 is 0 Å². The van der Waals surface area contributed by atoms with Crippen molar-refractivity contribution in [2.45, 2.75) is 59.3 Å². The predicted molar refractivity (Wildman–Crippen MR) is 136 cm³/mol. The molecule has 162 valence electrons. The molecule has 0 saturated heterocycles. The molecule has 5 rings (SSSR count). The number of aryl methyl sites for hydroxylation is 2. The van der Waals surface area contributed by atoms with Crippen LogP contribution in [0.1, 0.15) is 59.6 Å². The van der Waals surface area contributed by atoms with Gasteiger partial charge in [-0.05, 0) is 128 Å². The standard InChI is InChI=1S/C29H35NS/c1-17(9-25-10-19(3)29(30)11-18(25)2)16-31-20(4)21-5-6-22-14-27-23-7-8-24(13-23)28(27)15-26(22)12-21/h5-6,10-12,16,23-24,27-28H,4,7-9,13-15,30H2,1-3H3/b17-16+.